The molecule has 0 saturated heterocycles. The van der Waals surface area contributed by atoms with Crippen LogP contribution in [0.2, 0.25) is 0 Å². The molecule has 1 N–H and O–H groups in total. The third-order valence-corrected chi connectivity index (χ3v) is 5.26. The number of carbonyl (C=O) groups excluding carboxylic acids is 1. The van der Waals surface area contributed by atoms with E-state index < -0.39 is 0 Å². The molecule has 0 bridgehead atoms. The molecule has 3 aromatic rings. The van der Waals surface area contributed by atoms with Crippen LogP contribution < -0.4 is 15.6 Å². The van der Waals surface area contributed by atoms with Gasteiger partial charge in [0.15, 0.2) is 0 Å². The molecule has 7 nitrogen and oxygen atoms in total. The summed E-state index contributed by atoms with van der Waals surface area (Å²) < 4.78 is 8.83. The number of hydrogen-bond acceptors (Lipinski definition) is 4. The van der Waals surface area contributed by atoms with Crippen molar-refractivity contribution >= 4 is 22.6 Å². The van der Waals surface area contributed by atoms with Crippen molar-refractivity contribution in [3.8, 4) is 5.75 Å². The molecular weight excluding hydrogens is 356 g/mol. The molecule has 3 heterocycles. The molecule has 0 fully saturated rings. The van der Waals surface area contributed by atoms with Crippen LogP contribution in [0, 0.1) is 13.8 Å². The van der Waals surface area contributed by atoms with E-state index in [0.29, 0.717) is 29.0 Å². The van der Waals surface area contributed by atoms with Crippen molar-refractivity contribution in [3.63, 3.8) is 0 Å². The van der Waals surface area contributed by atoms with Crippen LogP contribution in [0.5, 0.6) is 5.75 Å². The number of aryl methyl sites for hydroxylation is 3. The Bertz CT molecular complexity index is 1130. The van der Waals surface area contributed by atoms with Gasteiger partial charge in [0.25, 0.3) is 5.56 Å². The molecule has 0 atom stereocenters. The highest BCUT2D eigenvalue weighted by Gasteiger charge is 2.20. The zero-order chi connectivity index (χ0) is 19.8. The molecule has 0 aliphatic carbocycles. The number of rotatable bonds is 4. The van der Waals surface area contributed by atoms with Gasteiger partial charge in [0.2, 0.25) is 5.91 Å². The lowest BCUT2D eigenvalue weighted by atomic mass is 10.1. The van der Waals surface area contributed by atoms with Gasteiger partial charge in [-0.25, -0.2) is 4.98 Å². The van der Waals surface area contributed by atoms with Gasteiger partial charge in [-0.15, -0.1) is 0 Å². The van der Waals surface area contributed by atoms with E-state index >= 15 is 0 Å². The topological polar surface area (TPSA) is 78.2 Å². The standard InChI is InChI=1S/C21H24N4O3/c1-13-7-8-17(28-3)15(10-13)23-19(26)12-25-14(2)11-16-20(25)21(27)24-9-5-4-6-18(24)22-16/h7-8,10-11H,4-6,9,12H2,1-3H3,(H,23,26). The maximum atomic E-state index is 13.0. The lowest BCUT2D eigenvalue weighted by Crippen LogP contribution is -2.30. The van der Waals surface area contributed by atoms with Crippen molar-refractivity contribution in [1.82, 2.24) is 14.1 Å². The van der Waals surface area contributed by atoms with Gasteiger partial charge in [0.05, 0.1) is 18.3 Å². The largest absolute Gasteiger partial charge is 0.495 e. The van der Waals surface area contributed by atoms with E-state index in [9.17, 15) is 9.59 Å². The highest BCUT2D eigenvalue weighted by molar-refractivity contribution is 5.93. The molecule has 0 radical (unpaired) electrons. The SMILES string of the molecule is COc1ccc(C)cc1NC(=O)Cn1c(C)cc2nc3n(c(=O)c21)CCCC3. The molecule has 0 spiro atoms. The molecule has 1 amide bonds. The summed E-state index contributed by atoms with van der Waals surface area (Å²) in [5.41, 5.74) is 3.58. The number of amides is 1. The summed E-state index contributed by atoms with van der Waals surface area (Å²) in [4.78, 5) is 30.5. The first-order valence-corrected chi connectivity index (χ1v) is 9.52. The van der Waals surface area contributed by atoms with E-state index in [2.05, 4.69) is 10.3 Å². The Morgan fingerprint density at radius 2 is 2.07 bits per heavy atom. The number of ether oxygens (including phenoxy) is 1. The van der Waals surface area contributed by atoms with Crippen LogP contribution in [0.15, 0.2) is 29.1 Å². The van der Waals surface area contributed by atoms with Crippen LogP contribution in [0.4, 0.5) is 5.69 Å². The minimum Gasteiger partial charge on any atom is -0.495 e. The third kappa shape index (κ3) is 3.17. The molecule has 1 aromatic carbocycles. The summed E-state index contributed by atoms with van der Waals surface area (Å²) >= 11 is 0. The van der Waals surface area contributed by atoms with Crippen LogP contribution in [-0.4, -0.2) is 27.1 Å². The van der Waals surface area contributed by atoms with Crippen LogP contribution in [0.25, 0.3) is 11.0 Å². The first-order chi connectivity index (χ1) is 13.5. The Kier molecular flexibility index (Phi) is 4.66. The number of carbonyl (C=O) groups is 1. The second-order valence-corrected chi connectivity index (χ2v) is 7.30. The summed E-state index contributed by atoms with van der Waals surface area (Å²) in [7, 11) is 1.57. The highest BCUT2D eigenvalue weighted by Crippen LogP contribution is 2.25. The number of benzene rings is 1. The minimum absolute atomic E-state index is 0.0443. The van der Waals surface area contributed by atoms with Crippen LogP contribution >= 0.6 is 0 Å². The molecule has 28 heavy (non-hydrogen) atoms. The fourth-order valence-electron chi connectivity index (χ4n) is 3.84. The van der Waals surface area contributed by atoms with E-state index in [0.717, 1.165) is 36.3 Å². The highest BCUT2D eigenvalue weighted by atomic mass is 16.5. The quantitative estimate of drug-likeness (QED) is 0.755. The van der Waals surface area contributed by atoms with E-state index in [1.807, 2.05) is 38.1 Å². The van der Waals surface area contributed by atoms with Crippen molar-refractivity contribution in [1.29, 1.82) is 0 Å². The number of fused-ring (bicyclic) bond motifs is 2. The van der Waals surface area contributed by atoms with E-state index in [-0.39, 0.29) is 18.0 Å². The number of methoxy groups -OCH3 is 1. The van der Waals surface area contributed by atoms with E-state index in [1.165, 1.54) is 0 Å². The van der Waals surface area contributed by atoms with Crippen LogP contribution in [-0.2, 0) is 24.3 Å². The lowest BCUT2D eigenvalue weighted by Gasteiger charge is -2.17. The Morgan fingerprint density at radius 1 is 1.25 bits per heavy atom. The zero-order valence-electron chi connectivity index (χ0n) is 16.4. The second kappa shape index (κ2) is 7.14. The maximum Gasteiger partial charge on any atom is 0.278 e. The van der Waals surface area contributed by atoms with Gasteiger partial charge in [-0.2, -0.15) is 0 Å². The Hall–Kier alpha value is -3.09. The van der Waals surface area contributed by atoms with Crippen molar-refractivity contribution < 1.29 is 9.53 Å². The van der Waals surface area contributed by atoms with Crippen molar-refractivity contribution in [2.75, 3.05) is 12.4 Å². The molecular formula is C21H24N4O3. The van der Waals surface area contributed by atoms with E-state index in [1.54, 1.807) is 16.2 Å². The number of nitrogens with one attached hydrogen (secondary N) is 1. The zero-order valence-corrected chi connectivity index (χ0v) is 16.4. The summed E-state index contributed by atoms with van der Waals surface area (Å²) in [5, 5.41) is 2.90. The Labute approximate surface area is 163 Å². The fraction of sp³-hybridized carbons (Fsp3) is 0.381. The van der Waals surface area contributed by atoms with Gasteiger partial charge < -0.3 is 14.6 Å². The monoisotopic (exact) mass is 380 g/mol. The average molecular weight is 380 g/mol. The van der Waals surface area contributed by atoms with Crippen molar-refractivity contribution in [3.05, 3.63) is 51.7 Å². The van der Waals surface area contributed by atoms with E-state index in [4.69, 9.17) is 4.74 Å². The number of hydrogen-bond donors (Lipinski definition) is 1. The number of aromatic nitrogens is 3. The molecule has 2 aromatic heterocycles. The normalized spacial score (nSPS) is 13.4. The predicted octanol–water partition coefficient (Wildman–Crippen LogP) is 2.80. The van der Waals surface area contributed by atoms with Gasteiger partial charge in [0, 0.05) is 18.7 Å². The van der Waals surface area contributed by atoms with Gasteiger partial charge >= 0.3 is 0 Å². The first kappa shape index (κ1) is 18.3. The Morgan fingerprint density at radius 3 is 2.86 bits per heavy atom. The first-order valence-electron chi connectivity index (χ1n) is 9.52. The maximum absolute atomic E-state index is 13.0. The second-order valence-electron chi connectivity index (χ2n) is 7.30. The molecule has 1 aliphatic heterocycles. The van der Waals surface area contributed by atoms with Gasteiger partial charge in [-0.1, -0.05) is 6.07 Å². The molecule has 7 heteroatoms. The summed E-state index contributed by atoms with van der Waals surface area (Å²) in [6, 6.07) is 7.49. The molecule has 1 aliphatic rings. The van der Waals surface area contributed by atoms with Gasteiger partial charge in [-0.3, -0.25) is 14.2 Å². The lowest BCUT2D eigenvalue weighted by molar-refractivity contribution is -0.116. The molecule has 146 valence electrons. The molecule has 0 unspecified atom stereocenters. The predicted molar refractivity (Wildman–Crippen MR) is 108 cm³/mol. The van der Waals surface area contributed by atoms with Gasteiger partial charge in [0.1, 0.15) is 23.6 Å². The molecule has 0 saturated carbocycles. The summed E-state index contributed by atoms with van der Waals surface area (Å²) in [5.74, 6) is 1.23. The number of nitrogens with zero attached hydrogens (tertiary/aromatic N) is 3. The average Bonchev–Trinajstić information content (AvgIpc) is 2.97. The Balaban J connectivity index is 1.68. The summed E-state index contributed by atoms with van der Waals surface area (Å²) in [6.45, 7) is 4.58. The van der Waals surface area contributed by atoms with Gasteiger partial charge in [-0.05, 0) is 50.5 Å². The van der Waals surface area contributed by atoms with Crippen molar-refractivity contribution in [2.45, 2.75) is 46.2 Å². The summed E-state index contributed by atoms with van der Waals surface area (Å²) in [6.07, 6.45) is 2.86. The minimum atomic E-state index is -0.216. The molecule has 4 rings (SSSR count). The third-order valence-electron chi connectivity index (χ3n) is 5.26. The van der Waals surface area contributed by atoms with Crippen LogP contribution in [0.3, 0.4) is 0 Å². The van der Waals surface area contributed by atoms with Crippen molar-refractivity contribution in [2.24, 2.45) is 0 Å². The fourth-order valence-corrected chi connectivity index (χ4v) is 3.84. The number of anilines is 1. The van der Waals surface area contributed by atoms with Crippen LogP contribution in [0.1, 0.15) is 29.9 Å². The smallest absolute Gasteiger partial charge is 0.278 e.